The Hall–Kier alpha value is -0.760. The molecular formula is C12H16BrN. The molecule has 0 fully saturated rings. The molecule has 1 rings (SSSR count). The summed E-state index contributed by atoms with van der Waals surface area (Å²) in [6.45, 7) is 7.13. The molecule has 0 aliphatic heterocycles. The van der Waals surface area contributed by atoms with Gasteiger partial charge in [-0.05, 0) is 53.9 Å². The molecule has 0 heterocycles. The molecule has 76 valence electrons. The van der Waals surface area contributed by atoms with Gasteiger partial charge in [0.25, 0.3) is 0 Å². The standard InChI is InChI=1S/C12H16BrN/c1-4-5-6-14-12-10(3)7-9(2)8-11(12)13/h4-5,7-8,14H,6H2,1-3H3/b5-4+. The van der Waals surface area contributed by atoms with E-state index in [0.29, 0.717) is 0 Å². The van der Waals surface area contributed by atoms with Gasteiger partial charge in [0.2, 0.25) is 0 Å². The third kappa shape index (κ3) is 2.88. The number of anilines is 1. The predicted molar refractivity (Wildman–Crippen MR) is 66.9 cm³/mol. The molecule has 0 amide bonds. The molecule has 0 atom stereocenters. The molecule has 1 N–H and O–H groups in total. The van der Waals surface area contributed by atoms with Crippen molar-refractivity contribution in [3.63, 3.8) is 0 Å². The van der Waals surface area contributed by atoms with Crippen LogP contribution < -0.4 is 5.32 Å². The van der Waals surface area contributed by atoms with Crippen LogP contribution in [0.1, 0.15) is 18.1 Å². The van der Waals surface area contributed by atoms with Gasteiger partial charge in [-0.15, -0.1) is 0 Å². The monoisotopic (exact) mass is 253 g/mol. The minimum absolute atomic E-state index is 0.874. The van der Waals surface area contributed by atoms with Crippen molar-refractivity contribution in [1.82, 2.24) is 0 Å². The number of aryl methyl sites for hydroxylation is 2. The first-order valence-electron chi connectivity index (χ1n) is 4.77. The number of allylic oxidation sites excluding steroid dienone is 1. The molecule has 0 unspecified atom stereocenters. The molecule has 0 aliphatic rings. The van der Waals surface area contributed by atoms with Gasteiger partial charge in [0, 0.05) is 11.0 Å². The zero-order valence-electron chi connectivity index (χ0n) is 8.89. The van der Waals surface area contributed by atoms with E-state index < -0.39 is 0 Å². The second-order valence-corrected chi connectivity index (χ2v) is 4.24. The van der Waals surface area contributed by atoms with Crippen molar-refractivity contribution < 1.29 is 0 Å². The van der Waals surface area contributed by atoms with Crippen molar-refractivity contribution in [2.45, 2.75) is 20.8 Å². The fraction of sp³-hybridized carbons (Fsp3) is 0.333. The Balaban J connectivity index is 2.85. The number of hydrogen-bond donors (Lipinski definition) is 1. The van der Waals surface area contributed by atoms with Gasteiger partial charge in [-0.2, -0.15) is 0 Å². The van der Waals surface area contributed by atoms with Crippen LogP contribution in [0.3, 0.4) is 0 Å². The van der Waals surface area contributed by atoms with Crippen molar-refractivity contribution in [2.75, 3.05) is 11.9 Å². The van der Waals surface area contributed by atoms with Crippen molar-refractivity contribution >= 4 is 21.6 Å². The largest absolute Gasteiger partial charge is 0.380 e. The van der Waals surface area contributed by atoms with Crippen LogP contribution in [0.2, 0.25) is 0 Å². The van der Waals surface area contributed by atoms with Gasteiger partial charge in [-0.3, -0.25) is 0 Å². The van der Waals surface area contributed by atoms with Crippen LogP contribution in [-0.2, 0) is 0 Å². The average Bonchev–Trinajstić information content (AvgIpc) is 2.09. The molecule has 0 radical (unpaired) electrons. The zero-order valence-corrected chi connectivity index (χ0v) is 10.5. The highest BCUT2D eigenvalue weighted by molar-refractivity contribution is 9.10. The molecule has 0 aromatic heterocycles. The maximum absolute atomic E-state index is 3.56. The molecule has 2 heteroatoms. The lowest BCUT2D eigenvalue weighted by molar-refractivity contribution is 1.27. The summed E-state index contributed by atoms with van der Waals surface area (Å²) >= 11 is 3.56. The van der Waals surface area contributed by atoms with E-state index in [1.807, 2.05) is 13.0 Å². The lowest BCUT2D eigenvalue weighted by Crippen LogP contribution is -2.01. The molecule has 0 bridgehead atoms. The van der Waals surface area contributed by atoms with Gasteiger partial charge < -0.3 is 5.32 Å². The number of rotatable bonds is 3. The van der Waals surface area contributed by atoms with E-state index >= 15 is 0 Å². The van der Waals surface area contributed by atoms with E-state index in [0.717, 1.165) is 11.0 Å². The molecule has 1 aromatic carbocycles. The summed E-state index contributed by atoms with van der Waals surface area (Å²) in [6, 6.07) is 4.31. The average molecular weight is 254 g/mol. The first-order chi connectivity index (χ1) is 6.65. The molecule has 0 aliphatic carbocycles. The second-order valence-electron chi connectivity index (χ2n) is 3.39. The van der Waals surface area contributed by atoms with Gasteiger partial charge in [-0.1, -0.05) is 18.2 Å². The van der Waals surface area contributed by atoms with Crippen molar-refractivity contribution in [1.29, 1.82) is 0 Å². The van der Waals surface area contributed by atoms with E-state index in [9.17, 15) is 0 Å². The van der Waals surface area contributed by atoms with Crippen LogP contribution in [0.5, 0.6) is 0 Å². The zero-order chi connectivity index (χ0) is 10.6. The fourth-order valence-corrected chi connectivity index (χ4v) is 2.23. The minimum Gasteiger partial charge on any atom is -0.380 e. The highest BCUT2D eigenvalue weighted by atomic mass is 79.9. The van der Waals surface area contributed by atoms with Crippen LogP contribution in [0.25, 0.3) is 0 Å². The number of benzene rings is 1. The maximum Gasteiger partial charge on any atom is 0.0516 e. The highest BCUT2D eigenvalue weighted by Gasteiger charge is 2.02. The lowest BCUT2D eigenvalue weighted by Gasteiger charge is -2.11. The van der Waals surface area contributed by atoms with Crippen molar-refractivity contribution in [3.8, 4) is 0 Å². The van der Waals surface area contributed by atoms with Crippen LogP contribution >= 0.6 is 15.9 Å². The van der Waals surface area contributed by atoms with Gasteiger partial charge in [0.05, 0.1) is 5.69 Å². The first kappa shape index (κ1) is 11.3. The number of nitrogens with one attached hydrogen (secondary N) is 1. The maximum atomic E-state index is 3.56. The third-order valence-corrected chi connectivity index (χ3v) is 2.69. The van der Waals surface area contributed by atoms with Gasteiger partial charge in [0.1, 0.15) is 0 Å². The smallest absolute Gasteiger partial charge is 0.0516 e. The van der Waals surface area contributed by atoms with E-state index in [1.165, 1.54) is 16.8 Å². The highest BCUT2D eigenvalue weighted by Crippen LogP contribution is 2.27. The topological polar surface area (TPSA) is 12.0 Å². The molecule has 1 aromatic rings. The molecule has 0 spiro atoms. The number of halogens is 1. The van der Waals surface area contributed by atoms with Crippen LogP contribution in [0.15, 0.2) is 28.8 Å². The summed E-state index contributed by atoms with van der Waals surface area (Å²) in [5.41, 5.74) is 3.75. The quantitative estimate of drug-likeness (QED) is 0.802. The molecule has 1 nitrogen and oxygen atoms in total. The third-order valence-electron chi connectivity index (χ3n) is 2.06. The Morgan fingerprint density at radius 1 is 1.36 bits per heavy atom. The van der Waals surface area contributed by atoms with Crippen LogP contribution in [-0.4, -0.2) is 6.54 Å². The summed E-state index contributed by atoms with van der Waals surface area (Å²) < 4.78 is 1.14. The summed E-state index contributed by atoms with van der Waals surface area (Å²) in [6.07, 6.45) is 4.15. The Morgan fingerprint density at radius 3 is 2.64 bits per heavy atom. The Kier molecular flexibility index (Phi) is 4.21. The summed E-state index contributed by atoms with van der Waals surface area (Å²) in [5, 5.41) is 3.38. The normalized spacial score (nSPS) is 10.9. The van der Waals surface area contributed by atoms with Crippen molar-refractivity contribution in [3.05, 3.63) is 39.9 Å². The first-order valence-corrected chi connectivity index (χ1v) is 5.56. The van der Waals surface area contributed by atoms with E-state index in [2.05, 4.69) is 53.3 Å². The lowest BCUT2D eigenvalue weighted by atomic mass is 10.1. The van der Waals surface area contributed by atoms with E-state index in [4.69, 9.17) is 0 Å². The SMILES string of the molecule is C/C=C/CNc1c(C)cc(C)cc1Br. The Bertz CT molecular complexity index is 319. The van der Waals surface area contributed by atoms with E-state index in [1.54, 1.807) is 0 Å². The minimum atomic E-state index is 0.874. The predicted octanol–water partition coefficient (Wildman–Crippen LogP) is 4.05. The second kappa shape index (κ2) is 5.20. The van der Waals surface area contributed by atoms with E-state index in [-0.39, 0.29) is 0 Å². The molecular weight excluding hydrogens is 238 g/mol. The Labute approximate surface area is 94.3 Å². The summed E-state index contributed by atoms with van der Waals surface area (Å²) in [4.78, 5) is 0. The van der Waals surface area contributed by atoms with Crippen LogP contribution in [0.4, 0.5) is 5.69 Å². The molecule has 0 saturated heterocycles. The summed E-state index contributed by atoms with van der Waals surface area (Å²) in [7, 11) is 0. The van der Waals surface area contributed by atoms with Gasteiger partial charge in [0.15, 0.2) is 0 Å². The summed E-state index contributed by atoms with van der Waals surface area (Å²) in [5.74, 6) is 0. The molecule has 0 saturated carbocycles. The van der Waals surface area contributed by atoms with Crippen LogP contribution in [0, 0.1) is 13.8 Å². The fourth-order valence-electron chi connectivity index (χ4n) is 1.42. The van der Waals surface area contributed by atoms with Gasteiger partial charge in [-0.25, -0.2) is 0 Å². The number of hydrogen-bond acceptors (Lipinski definition) is 1. The molecule has 14 heavy (non-hydrogen) atoms. The van der Waals surface area contributed by atoms with Gasteiger partial charge >= 0.3 is 0 Å². The van der Waals surface area contributed by atoms with Crippen molar-refractivity contribution in [2.24, 2.45) is 0 Å². The Morgan fingerprint density at radius 2 is 2.07 bits per heavy atom.